The van der Waals surface area contributed by atoms with Crippen LogP contribution in [0.5, 0.6) is 0 Å². The second-order valence-electron chi connectivity index (χ2n) is 5.24. The van der Waals surface area contributed by atoms with Crippen molar-refractivity contribution in [1.29, 1.82) is 0 Å². The van der Waals surface area contributed by atoms with Crippen LogP contribution < -0.4 is 5.32 Å². The molecule has 1 fully saturated rings. The lowest BCUT2D eigenvalue weighted by molar-refractivity contribution is 0.0764. The van der Waals surface area contributed by atoms with Crippen molar-refractivity contribution in [3.8, 4) is 0 Å². The Hall–Kier alpha value is -0.900. The van der Waals surface area contributed by atoms with Crippen molar-refractivity contribution >= 4 is 0 Å². The van der Waals surface area contributed by atoms with E-state index in [9.17, 15) is 5.11 Å². The van der Waals surface area contributed by atoms with Gasteiger partial charge in [0.15, 0.2) is 0 Å². The summed E-state index contributed by atoms with van der Waals surface area (Å²) in [6.07, 6.45) is 0. The fourth-order valence-corrected chi connectivity index (χ4v) is 2.37. The molecule has 1 aromatic carbocycles. The van der Waals surface area contributed by atoms with E-state index in [-0.39, 0.29) is 0 Å². The summed E-state index contributed by atoms with van der Waals surface area (Å²) >= 11 is 0. The Morgan fingerprint density at radius 3 is 2.53 bits per heavy atom. The number of hydrogen-bond donors (Lipinski definition) is 2. The topological polar surface area (TPSA) is 35.5 Å². The monoisotopic (exact) mass is 234 g/mol. The number of nitrogens with zero attached hydrogens (tertiary/aromatic N) is 1. The number of aliphatic hydroxyl groups is 1. The zero-order valence-corrected chi connectivity index (χ0v) is 10.7. The van der Waals surface area contributed by atoms with Crippen LogP contribution >= 0.6 is 0 Å². The summed E-state index contributed by atoms with van der Waals surface area (Å²) in [4.78, 5) is 2.43. The molecule has 0 spiro atoms. The largest absolute Gasteiger partial charge is 0.386 e. The van der Waals surface area contributed by atoms with Crippen molar-refractivity contribution in [2.24, 2.45) is 0 Å². The molecule has 0 unspecified atom stereocenters. The lowest BCUT2D eigenvalue weighted by atomic mass is 9.93. The van der Waals surface area contributed by atoms with E-state index in [0.29, 0.717) is 0 Å². The maximum atomic E-state index is 10.2. The average molecular weight is 234 g/mol. The van der Waals surface area contributed by atoms with Crippen molar-refractivity contribution in [3.63, 3.8) is 0 Å². The van der Waals surface area contributed by atoms with E-state index in [1.165, 1.54) is 5.56 Å². The zero-order chi connectivity index (χ0) is 12.3. The molecule has 0 saturated carbocycles. The Bertz CT molecular complexity index is 365. The summed E-state index contributed by atoms with van der Waals surface area (Å²) in [7, 11) is 0. The molecule has 1 aliphatic heterocycles. The fourth-order valence-electron chi connectivity index (χ4n) is 2.37. The van der Waals surface area contributed by atoms with Gasteiger partial charge in [0.1, 0.15) is 0 Å². The van der Waals surface area contributed by atoms with Crippen molar-refractivity contribution in [2.45, 2.75) is 26.0 Å². The Morgan fingerprint density at radius 1 is 1.24 bits per heavy atom. The van der Waals surface area contributed by atoms with E-state index in [1.807, 2.05) is 32.0 Å². The first-order chi connectivity index (χ1) is 8.07. The Labute approximate surface area is 103 Å². The van der Waals surface area contributed by atoms with Crippen LogP contribution in [-0.4, -0.2) is 36.2 Å². The SMILES string of the molecule is CC(C)(O)c1ccccc1CN1CCNCC1. The van der Waals surface area contributed by atoms with Gasteiger partial charge in [-0.2, -0.15) is 0 Å². The van der Waals surface area contributed by atoms with Crippen molar-refractivity contribution < 1.29 is 5.11 Å². The minimum Gasteiger partial charge on any atom is -0.386 e. The van der Waals surface area contributed by atoms with E-state index in [1.54, 1.807) is 0 Å². The average Bonchev–Trinajstić information content (AvgIpc) is 2.30. The molecule has 0 radical (unpaired) electrons. The molecule has 2 N–H and O–H groups in total. The summed E-state index contributed by atoms with van der Waals surface area (Å²) in [5.41, 5.74) is 1.52. The van der Waals surface area contributed by atoms with Crippen LogP contribution in [0.1, 0.15) is 25.0 Å². The van der Waals surface area contributed by atoms with Gasteiger partial charge in [0.25, 0.3) is 0 Å². The quantitative estimate of drug-likeness (QED) is 0.828. The van der Waals surface area contributed by atoms with Crippen molar-refractivity contribution in [3.05, 3.63) is 35.4 Å². The molecule has 1 aromatic rings. The van der Waals surface area contributed by atoms with E-state index < -0.39 is 5.60 Å². The Morgan fingerprint density at radius 2 is 1.88 bits per heavy atom. The number of benzene rings is 1. The van der Waals surface area contributed by atoms with Gasteiger partial charge in [0, 0.05) is 32.7 Å². The second-order valence-corrected chi connectivity index (χ2v) is 5.24. The summed E-state index contributed by atoms with van der Waals surface area (Å²) in [5.74, 6) is 0. The normalized spacial score (nSPS) is 18.3. The van der Waals surface area contributed by atoms with Gasteiger partial charge >= 0.3 is 0 Å². The first-order valence-corrected chi connectivity index (χ1v) is 6.31. The van der Waals surface area contributed by atoms with Gasteiger partial charge < -0.3 is 10.4 Å². The van der Waals surface area contributed by atoms with Crippen LogP contribution in [0.2, 0.25) is 0 Å². The van der Waals surface area contributed by atoms with E-state index in [0.717, 1.165) is 38.3 Å². The van der Waals surface area contributed by atoms with Crippen molar-refractivity contribution in [1.82, 2.24) is 10.2 Å². The lowest BCUT2D eigenvalue weighted by Gasteiger charge is -2.29. The molecule has 2 rings (SSSR count). The number of rotatable bonds is 3. The minimum absolute atomic E-state index is 0.759. The van der Waals surface area contributed by atoms with Gasteiger partial charge in [-0.05, 0) is 25.0 Å². The maximum absolute atomic E-state index is 10.2. The number of nitrogens with one attached hydrogen (secondary N) is 1. The third-order valence-electron chi connectivity index (χ3n) is 3.28. The lowest BCUT2D eigenvalue weighted by Crippen LogP contribution is -2.43. The summed E-state index contributed by atoms with van der Waals surface area (Å²) in [5, 5.41) is 13.5. The number of hydrogen-bond acceptors (Lipinski definition) is 3. The molecular weight excluding hydrogens is 212 g/mol. The maximum Gasteiger partial charge on any atom is 0.0843 e. The highest BCUT2D eigenvalue weighted by Gasteiger charge is 2.20. The molecule has 0 atom stereocenters. The molecule has 3 nitrogen and oxygen atoms in total. The molecule has 94 valence electrons. The fraction of sp³-hybridized carbons (Fsp3) is 0.571. The van der Waals surface area contributed by atoms with E-state index in [4.69, 9.17) is 0 Å². The predicted octanol–water partition coefficient (Wildman–Crippen LogP) is 1.32. The summed E-state index contributed by atoms with van der Waals surface area (Å²) in [6.45, 7) is 8.92. The van der Waals surface area contributed by atoms with E-state index in [2.05, 4.69) is 16.3 Å². The second kappa shape index (κ2) is 5.17. The highest BCUT2D eigenvalue weighted by molar-refractivity contribution is 5.31. The molecule has 0 bridgehead atoms. The molecule has 1 saturated heterocycles. The third-order valence-corrected chi connectivity index (χ3v) is 3.28. The molecule has 17 heavy (non-hydrogen) atoms. The van der Waals surface area contributed by atoms with Gasteiger partial charge in [0.2, 0.25) is 0 Å². The molecule has 0 aliphatic carbocycles. The molecule has 0 aromatic heterocycles. The summed E-state index contributed by atoms with van der Waals surface area (Å²) < 4.78 is 0. The van der Waals surface area contributed by atoms with Crippen LogP contribution in [0.3, 0.4) is 0 Å². The van der Waals surface area contributed by atoms with Gasteiger partial charge in [-0.1, -0.05) is 24.3 Å². The molecule has 0 amide bonds. The number of piperazine rings is 1. The molecular formula is C14H22N2O. The highest BCUT2D eigenvalue weighted by atomic mass is 16.3. The zero-order valence-electron chi connectivity index (χ0n) is 10.7. The van der Waals surface area contributed by atoms with Gasteiger partial charge in [-0.25, -0.2) is 0 Å². The molecule has 1 aliphatic rings. The van der Waals surface area contributed by atoms with Gasteiger partial charge in [-0.15, -0.1) is 0 Å². The van der Waals surface area contributed by atoms with Crippen LogP contribution in [0.4, 0.5) is 0 Å². The van der Waals surface area contributed by atoms with Crippen molar-refractivity contribution in [2.75, 3.05) is 26.2 Å². The molecule has 3 heteroatoms. The Balaban J connectivity index is 2.14. The summed E-state index contributed by atoms with van der Waals surface area (Å²) in [6, 6.07) is 8.19. The van der Waals surface area contributed by atoms with Crippen LogP contribution in [0.25, 0.3) is 0 Å². The highest BCUT2D eigenvalue weighted by Crippen LogP contribution is 2.24. The first-order valence-electron chi connectivity index (χ1n) is 6.31. The van der Waals surface area contributed by atoms with Gasteiger partial charge in [0.05, 0.1) is 5.60 Å². The van der Waals surface area contributed by atoms with Gasteiger partial charge in [-0.3, -0.25) is 4.90 Å². The van der Waals surface area contributed by atoms with Crippen LogP contribution in [0.15, 0.2) is 24.3 Å². The standard InChI is InChI=1S/C14H22N2O/c1-14(2,17)13-6-4-3-5-12(13)11-16-9-7-15-8-10-16/h3-6,15,17H,7-11H2,1-2H3. The van der Waals surface area contributed by atoms with E-state index >= 15 is 0 Å². The van der Waals surface area contributed by atoms with Crippen LogP contribution in [-0.2, 0) is 12.1 Å². The first kappa shape index (κ1) is 12.6. The Kier molecular flexibility index (Phi) is 3.82. The third kappa shape index (κ3) is 3.28. The smallest absolute Gasteiger partial charge is 0.0843 e. The minimum atomic E-state index is -0.759. The van der Waals surface area contributed by atoms with Crippen LogP contribution in [0, 0.1) is 0 Å². The predicted molar refractivity (Wildman–Crippen MR) is 69.8 cm³/mol. The molecule has 1 heterocycles.